The Morgan fingerprint density at radius 1 is 1.14 bits per heavy atom. The topological polar surface area (TPSA) is 64.4 Å². The molecular formula is C17H14N2O3. The summed E-state index contributed by atoms with van der Waals surface area (Å²) in [4.78, 5) is 10.9. The maximum atomic E-state index is 10.9. The molecule has 1 N–H and O–H groups in total. The molecule has 0 bridgehead atoms. The molecule has 22 heavy (non-hydrogen) atoms. The number of hydrogen-bond acceptors (Lipinski definition) is 3. The maximum absolute atomic E-state index is 10.9. The van der Waals surface area contributed by atoms with E-state index < -0.39 is 5.97 Å². The number of hydrogen-bond donors (Lipinski definition) is 1. The lowest BCUT2D eigenvalue weighted by Crippen LogP contribution is -1.98. The zero-order valence-corrected chi connectivity index (χ0v) is 11.9. The molecule has 0 unspecified atom stereocenters. The van der Waals surface area contributed by atoms with E-state index in [9.17, 15) is 4.79 Å². The number of aromatic carboxylic acids is 1. The Hall–Kier alpha value is -3.08. The fourth-order valence-electron chi connectivity index (χ4n) is 2.17. The summed E-state index contributed by atoms with van der Waals surface area (Å²) in [6, 6.07) is 14.3. The van der Waals surface area contributed by atoms with Gasteiger partial charge in [-0.1, -0.05) is 12.1 Å². The summed E-state index contributed by atoms with van der Waals surface area (Å²) >= 11 is 0. The Morgan fingerprint density at radius 3 is 2.59 bits per heavy atom. The SMILES string of the molecule is COc1cccc(-c2cnn(-c3ccc(C(=O)O)cc3)c2)c1. The lowest BCUT2D eigenvalue weighted by molar-refractivity contribution is 0.0697. The minimum Gasteiger partial charge on any atom is -0.497 e. The molecule has 0 saturated heterocycles. The third-order valence-electron chi connectivity index (χ3n) is 3.36. The number of carbonyl (C=O) groups is 1. The summed E-state index contributed by atoms with van der Waals surface area (Å²) in [5, 5.41) is 13.2. The number of aromatic nitrogens is 2. The van der Waals surface area contributed by atoms with E-state index in [0.717, 1.165) is 22.6 Å². The van der Waals surface area contributed by atoms with Crippen LogP contribution in [0.2, 0.25) is 0 Å². The summed E-state index contributed by atoms with van der Waals surface area (Å²) in [6.45, 7) is 0. The van der Waals surface area contributed by atoms with Crippen molar-refractivity contribution in [1.29, 1.82) is 0 Å². The molecule has 0 aliphatic carbocycles. The van der Waals surface area contributed by atoms with Crippen molar-refractivity contribution in [2.75, 3.05) is 7.11 Å². The van der Waals surface area contributed by atoms with Gasteiger partial charge in [0.25, 0.3) is 0 Å². The van der Waals surface area contributed by atoms with Crippen LogP contribution < -0.4 is 4.74 Å². The molecule has 5 heteroatoms. The Labute approximate surface area is 127 Å². The summed E-state index contributed by atoms with van der Waals surface area (Å²) in [6.07, 6.45) is 3.66. The highest BCUT2D eigenvalue weighted by Crippen LogP contribution is 2.24. The van der Waals surface area contributed by atoms with Crippen molar-refractivity contribution in [2.24, 2.45) is 0 Å². The number of benzene rings is 2. The number of rotatable bonds is 4. The van der Waals surface area contributed by atoms with E-state index in [1.54, 1.807) is 42.3 Å². The molecule has 3 rings (SSSR count). The minimum absolute atomic E-state index is 0.254. The quantitative estimate of drug-likeness (QED) is 0.802. The van der Waals surface area contributed by atoms with Crippen LogP contribution in [-0.2, 0) is 0 Å². The van der Waals surface area contributed by atoms with Crippen LogP contribution in [-0.4, -0.2) is 28.0 Å². The van der Waals surface area contributed by atoms with Crippen molar-refractivity contribution in [1.82, 2.24) is 9.78 Å². The molecule has 0 saturated carbocycles. The average molecular weight is 294 g/mol. The van der Waals surface area contributed by atoms with E-state index in [0.29, 0.717) is 0 Å². The second-order valence-corrected chi connectivity index (χ2v) is 4.76. The van der Waals surface area contributed by atoms with Gasteiger partial charge in [-0.05, 0) is 42.0 Å². The summed E-state index contributed by atoms with van der Waals surface area (Å²) in [5.74, 6) is -0.153. The average Bonchev–Trinajstić information content (AvgIpc) is 3.05. The number of carboxylic acids is 1. The van der Waals surface area contributed by atoms with Gasteiger partial charge in [0.15, 0.2) is 0 Å². The number of methoxy groups -OCH3 is 1. The second kappa shape index (κ2) is 5.73. The van der Waals surface area contributed by atoms with E-state index in [1.165, 1.54) is 0 Å². The Morgan fingerprint density at radius 2 is 1.91 bits per heavy atom. The van der Waals surface area contributed by atoms with E-state index in [1.807, 2.05) is 30.5 Å². The van der Waals surface area contributed by atoms with Crippen LogP contribution in [0, 0.1) is 0 Å². The van der Waals surface area contributed by atoms with Crippen molar-refractivity contribution < 1.29 is 14.6 Å². The molecule has 0 atom stereocenters. The van der Waals surface area contributed by atoms with Gasteiger partial charge in [0.1, 0.15) is 5.75 Å². The molecule has 0 radical (unpaired) electrons. The monoisotopic (exact) mass is 294 g/mol. The highest BCUT2D eigenvalue weighted by atomic mass is 16.5. The summed E-state index contributed by atoms with van der Waals surface area (Å²) in [7, 11) is 1.63. The van der Waals surface area contributed by atoms with E-state index >= 15 is 0 Å². The molecule has 0 aliphatic rings. The van der Waals surface area contributed by atoms with Gasteiger partial charge in [0.2, 0.25) is 0 Å². The summed E-state index contributed by atoms with van der Waals surface area (Å²) in [5.41, 5.74) is 3.03. The van der Waals surface area contributed by atoms with Crippen molar-refractivity contribution in [3.05, 3.63) is 66.5 Å². The third-order valence-corrected chi connectivity index (χ3v) is 3.36. The number of nitrogens with zero attached hydrogens (tertiary/aromatic N) is 2. The van der Waals surface area contributed by atoms with E-state index in [-0.39, 0.29) is 5.56 Å². The van der Waals surface area contributed by atoms with Crippen molar-refractivity contribution in [3.8, 4) is 22.6 Å². The molecule has 0 fully saturated rings. The van der Waals surface area contributed by atoms with Crippen LogP contribution in [0.25, 0.3) is 16.8 Å². The van der Waals surface area contributed by atoms with E-state index in [2.05, 4.69) is 5.10 Å². The van der Waals surface area contributed by atoms with Gasteiger partial charge < -0.3 is 9.84 Å². The Kier molecular flexibility index (Phi) is 3.62. The number of carboxylic acid groups (broad SMARTS) is 1. The Bertz CT molecular complexity index is 807. The normalized spacial score (nSPS) is 10.4. The van der Waals surface area contributed by atoms with Crippen LogP contribution in [0.1, 0.15) is 10.4 Å². The molecule has 0 aliphatic heterocycles. The molecular weight excluding hydrogens is 280 g/mol. The third kappa shape index (κ3) is 2.69. The molecule has 1 aromatic heterocycles. The van der Waals surface area contributed by atoms with Gasteiger partial charge in [-0.3, -0.25) is 0 Å². The van der Waals surface area contributed by atoms with Crippen molar-refractivity contribution >= 4 is 5.97 Å². The minimum atomic E-state index is -0.941. The van der Waals surface area contributed by atoms with Gasteiger partial charge in [-0.15, -0.1) is 0 Å². The smallest absolute Gasteiger partial charge is 0.335 e. The van der Waals surface area contributed by atoms with Crippen molar-refractivity contribution in [3.63, 3.8) is 0 Å². The van der Waals surface area contributed by atoms with Crippen LogP contribution in [0.15, 0.2) is 60.9 Å². The fraction of sp³-hybridized carbons (Fsp3) is 0.0588. The molecule has 110 valence electrons. The Balaban J connectivity index is 1.91. The first-order valence-electron chi connectivity index (χ1n) is 6.70. The second-order valence-electron chi connectivity index (χ2n) is 4.76. The van der Waals surface area contributed by atoms with Crippen LogP contribution in [0.4, 0.5) is 0 Å². The maximum Gasteiger partial charge on any atom is 0.335 e. The first kappa shape index (κ1) is 13.9. The highest BCUT2D eigenvalue weighted by Gasteiger charge is 2.06. The zero-order valence-electron chi connectivity index (χ0n) is 11.9. The largest absolute Gasteiger partial charge is 0.497 e. The van der Waals surface area contributed by atoms with Crippen LogP contribution >= 0.6 is 0 Å². The molecule has 0 spiro atoms. The van der Waals surface area contributed by atoms with Gasteiger partial charge in [0, 0.05) is 11.8 Å². The molecule has 3 aromatic rings. The van der Waals surface area contributed by atoms with Gasteiger partial charge >= 0.3 is 5.97 Å². The van der Waals surface area contributed by atoms with Crippen LogP contribution in [0.5, 0.6) is 5.75 Å². The first-order valence-corrected chi connectivity index (χ1v) is 6.70. The predicted molar refractivity (Wildman–Crippen MR) is 82.5 cm³/mol. The highest BCUT2D eigenvalue weighted by molar-refractivity contribution is 5.87. The van der Waals surface area contributed by atoms with Gasteiger partial charge in [0.05, 0.1) is 24.6 Å². The molecule has 2 aromatic carbocycles. The van der Waals surface area contributed by atoms with Crippen LogP contribution in [0.3, 0.4) is 0 Å². The lowest BCUT2D eigenvalue weighted by atomic mass is 10.1. The van der Waals surface area contributed by atoms with Gasteiger partial charge in [-0.25, -0.2) is 9.48 Å². The predicted octanol–water partition coefficient (Wildman–Crippen LogP) is 3.25. The number of ether oxygens (including phenoxy) is 1. The van der Waals surface area contributed by atoms with Gasteiger partial charge in [-0.2, -0.15) is 5.10 Å². The molecule has 5 nitrogen and oxygen atoms in total. The zero-order chi connectivity index (χ0) is 15.5. The molecule has 1 heterocycles. The first-order chi connectivity index (χ1) is 10.7. The fourth-order valence-corrected chi connectivity index (χ4v) is 2.17. The van der Waals surface area contributed by atoms with E-state index in [4.69, 9.17) is 9.84 Å². The van der Waals surface area contributed by atoms with Crippen molar-refractivity contribution in [2.45, 2.75) is 0 Å². The molecule has 0 amide bonds. The summed E-state index contributed by atoms with van der Waals surface area (Å²) < 4.78 is 6.93. The standard InChI is InChI=1S/C17H14N2O3/c1-22-16-4-2-3-13(9-16)14-10-18-19(11-14)15-7-5-12(6-8-15)17(20)21/h2-11H,1H3,(H,20,21). The lowest BCUT2D eigenvalue weighted by Gasteiger charge is -2.03.